The zero-order valence-corrected chi connectivity index (χ0v) is 12.0. The molecule has 0 fully saturated rings. The quantitative estimate of drug-likeness (QED) is 0.637. The Hall–Kier alpha value is -2.10. The zero-order chi connectivity index (χ0) is 14.9. The lowest BCUT2D eigenvalue weighted by Gasteiger charge is -2.19. The van der Waals surface area contributed by atoms with Crippen LogP contribution in [-0.4, -0.2) is 6.04 Å². The zero-order valence-electron chi connectivity index (χ0n) is 12.0. The highest BCUT2D eigenvalue weighted by Crippen LogP contribution is 2.31. The van der Waals surface area contributed by atoms with Crippen molar-refractivity contribution in [3.8, 4) is 0 Å². The van der Waals surface area contributed by atoms with Gasteiger partial charge in [-0.05, 0) is 37.3 Å². The highest BCUT2D eigenvalue weighted by Gasteiger charge is 2.26. The van der Waals surface area contributed by atoms with Crippen molar-refractivity contribution >= 4 is 11.4 Å². The Morgan fingerprint density at radius 3 is 2.70 bits per heavy atom. The topological polar surface area (TPSA) is 72.2 Å². The van der Waals surface area contributed by atoms with Gasteiger partial charge < -0.3 is 11.1 Å². The molecule has 0 bridgehead atoms. The van der Waals surface area contributed by atoms with Crippen molar-refractivity contribution in [3.63, 3.8) is 0 Å². The molecule has 0 saturated heterocycles. The van der Waals surface area contributed by atoms with Crippen molar-refractivity contribution in [2.45, 2.75) is 39.2 Å². The lowest BCUT2D eigenvalue weighted by Crippen LogP contribution is -2.39. The molecule has 1 atom stereocenters. The van der Waals surface area contributed by atoms with E-state index in [9.17, 15) is 9.59 Å². The van der Waals surface area contributed by atoms with Gasteiger partial charge in [0.1, 0.15) is 11.4 Å². The van der Waals surface area contributed by atoms with Gasteiger partial charge in [-0.3, -0.25) is 9.59 Å². The van der Waals surface area contributed by atoms with Crippen LogP contribution >= 0.6 is 0 Å². The molecule has 0 amide bonds. The van der Waals surface area contributed by atoms with E-state index >= 15 is 0 Å². The van der Waals surface area contributed by atoms with Gasteiger partial charge in [0.05, 0.1) is 6.04 Å². The Bertz CT molecular complexity index is 673. The van der Waals surface area contributed by atoms with E-state index < -0.39 is 10.9 Å². The van der Waals surface area contributed by atoms with E-state index in [0.717, 1.165) is 24.8 Å². The SMILES string of the molecule is C=C/C(=C\C1=C(C)CCC1Nc1c(N)c(=O)c1=O)CC. The van der Waals surface area contributed by atoms with Crippen LogP contribution in [0.2, 0.25) is 0 Å². The van der Waals surface area contributed by atoms with E-state index in [-0.39, 0.29) is 17.4 Å². The highest BCUT2D eigenvalue weighted by atomic mass is 16.2. The van der Waals surface area contributed by atoms with Crippen LogP contribution in [0.5, 0.6) is 0 Å². The first kappa shape index (κ1) is 14.3. The fraction of sp³-hybridized carbons (Fsp3) is 0.375. The number of rotatable bonds is 5. The number of nitrogens with one attached hydrogen (secondary N) is 1. The van der Waals surface area contributed by atoms with Gasteiger partial charge in [0.2, 0.25) is 0 Å². The van der Waals surface area contributed by atoms with Gasteiger partial charge in [0.15, 0.2) is 0 Å². The van der Waals surface area contributed by atoms with Crippen molar-refractivity contribution in [2.24, 2.45) is 0 Å². The Balaban J connectivity index is 2.26. The molecule has 1 aromatic carbocycles. The van der Waals surface area contributed by atoms with E-state index in [2.05, 4.69) is 31.8 Å². The standard InChI is InChI=1S/C16H20N2O2/c1-4-10(5-2)8-11-9(3)6-7-12(11)18-14-13(17)15(19)16(14)20/h4,8,12,18H,1,5-7,17H2,2-3H3/b10-8+. The summed E-state index contributed by atoms with van der Waals surface area (Å²) in [6.07, 6.45) is 6.77. The van der Waals surface area contributed by atoms with E-state index in [4.69, 9.17) is 5.73 Å². The molecule has 2 rings (SSSR count). The lowest BCUT2D eigenvalue weighted by molar-refractivity contribution is 0.800. The van der Waals surface area contributed by atoms with E-state index in [1.807, 2.05) is 6.08 Å². The molecule has 0 saturated carbocycles. The van der Waals surface area contributed by atoms with Crippen LogP contribution in [-0.2, 0) is 0 Å². The first-order chi connectivity index (χ1) is 9.49. The molecular formula is C16H20N2O2. The second-order valence-corrected chi connectivity index (χ2v) is 5.20. The third-order valence-electron chi connectivity index (χ3n) is 3.95. The Morgan fingerprint density at radius 2 is 2.15 bits per heavy atom. The first-order valence-corrected chi connectivity index (χ1v) is 6.87. The van der Waals surface area contributed by atoms with Crippen LogP contribution in [0.4, 0.5) is 11.4 Å². The van der Waals surface area contributed by atoms with Gasteiger partial charge in [-0.25, -0.2) is 0 Å². The minimum atomic E-state index is -0.580. The summed E-state index contributed by atoms with van der Waals surface area (Å²) in [5, 5.41) is 3.13. The number of allylic oxidation sites excluding steroid dienone is 3. The molecular weight excluding hydrogens is 252 g/mol. The van der Waals surface area contributed by atoms with Crippen molar-refractivity contribution < 1.29 is 0 Å². The third-order valence-corrected chi connectivity index (χ3v) is 3.95. The van der Waals surface area contributed by atoms with Gasteiger partial charge in [0, 0.05) is 0 Å². The smallest absolute Gasteiger partial charge is 0.253 e. The largest absolute Gasteiger partial charge is 0.394 e. The fourth-order valence-electron chi connectivity index (χ4n) is 2.56. The summed E-state index contributed by atoms with van der Waals surface area (Å²) in [5.41, 5.74) is 8.45. The predicted octanol–water partition coefficient (Wildman–Crippen LogP) is 2.28. The molecule has 4 nitrogen and oxygen atoms in total. The number of hydrogen-bond donors (Lipinski definition) is 2. The van der Waals surface area contributed by atoms with Crippen LogP contribution in [0.1, 0.15) is 33.1 Å². The van der Waals surface area contributed by atoms with Crippen molar-refractivity contribution in [3.05, 3.63) is 55.9 Å². The Kier molecular flexibility index (Phi) is 3.93. The second-order valence-electron chi connectivity index (χ2n) is 5.20. The van der Waals surface area contributed by atoms with Gasteiger partial charge in [0.25, 0.3) is 10.9 Å². The van der Waals surface area contributed by atoms with Crippen LogP contribution < -0.4 is 21.9 Å². The summed E-state index contributed by atoms with van der Waals surface area (Å²) < 4.78 is 0. The number of nitrogen functional groups attached to an aromatic ring is 1. The maximum absolute atomic E-state index is 11.5. The van der Waals surface area contributed by atoms with E-state index in [0.29, 0.717) is 0 Å². The molecule has 1 aliphatic carbocycles. The van der Waals surface area contributed by atoms with Crippen molar-refractivity contribution in [2.75, 3.05) is 11.1 Å². The monoisotopic (exact) mass is 272 g/mol. The normalized spacial score (nSPS) is 19.7. The molecule has 0 radical (unpaired) electrons. The molecule has 1 unspecified atom stereocenters. The maximum atomic E-state index is 11.5. The van der Waals surface area contributed by atoms with Crippen LogP contribution in [0.3, 0.4) is 0 Å². The van der Waals surface area contributed by atoms with Crippen molar-refractivity contribution in [1.29, 1.82) is 0 Å². The van der Waals surface area contributed by atoms with Gasteiger partial charge in [-0.1, -0.05) is 31.2 Å². The third kappa shape index (κ3) is 2.33. The number of hydrogen-bond acceptors (Lipinski definition) is 4. The average Bonchev–Trinajstić information content (AvgIpc) is 2.81. The van der Waals surface area contributed by atoms with Crippen LogP contribution in [0.25, 0.3) is 0 Å². The molecule has 0 aromatic heterocycles. The first-order valence-electron chi connectivity index (χ1n) is 6.87. The highest BCUT2D eigenvalue weighted by molar-refractivity contribution is 5.72. The fourth-order valence-corrected chi connectivity index (χ4v) is 2.56. The summed E-state index contributed by atoms with van der Waals surface area (Å²) in [5.74, 6) is 0. The summed E-state index contributed by atoms with van der Waals surface area (Å²) in [7, 11) is 0. The Labute approximate surface area is 118 Å². The number of anilines is 2. The lowest BCUT2D eigenvalue weighted by atomic mass is 10.0. The van der Waals surface area contributed by atoms with Crippen LogP contribution in [0.15, 0.2) is 45.0 Å². The minimum Gasteiger partial charge on any atom is -0.394 e. The van der Waals surface area contributed by atoms with Gasteiger partial charge >= 0.3 is 0 Å². The molecule has 106 valence electrons. The molecule has 0 heterocycles. The molecule has 3 N–H and O–H groups in total. The minimum absolute atomic E-state index is 0.0436. The molecule has 1 aliphatic rings. The Morgan fingerprint density at radius 1 is 1.45 bits per heavy atom. The van der Waals surface area contributed by atoms with Crippen LogP contribution in [0, 0.1) is 0 Å². The maximum Gasteiger partial charge on any atom is 0.253 e. The summed E-state index contributed by atoms with van der Waals surface area (Å²) in [6, 6.07) is 0.0436. The van der Waals surface area contributed by atoms with Gasteiger partial charge in [-0.2, -0.15) is 0 Å². The molecule has 1 aromatic rings. The molecule has 0 aliphatic heterocycles. The van der Waals surface area contributed by atoms with E-state index in [1.165, 1.54) is 11.1 Å². The van der Waals surface area contributed by atoms with Gasteiger partial charge in [-0.15, -0.1) is 0 Å². The number of nitrogens with two attached hydrogens (primary N) is 1. The summed E-state index contributed by atoms with van der Waals surface area (Å²) in [4.78, 5) is 22.6. The molecule has 4 heteroatoms. The summed E-state index contributed by atoms with van der Waals surface area (Å²) in [6.45, 7) is 7.98. The summed E-state index contributed by atoms with van der Waals surface area (Å²) >= 11 is 0. The molecule has 0 spiro atoms. The average molecular weight is 272 g/mol. The predicted molar refractivity (Wildman–Crippen MR) is 83.7 cm³/mol. The van der Waals surface area contributed by atoms with Crippen molar-refractivity contribution in [1.82, 2.24) is 0 Å². The second kappa shape index (κ2) is 5.49. The van der Waals surface area contributed by atoms with E-state index in [1.54, 1.807) is 0 Å². The molecule has 20 heavy (non-hydrogen) atoms.